The zero-order valence-corrected chi connectivity index (χ0v) is 11.2. The van der Waals surface area contributed by atoms with E-state index in [0.29, 0.717) is 22.8 Å². The first kappa shape index (κ1) is 13.3. The lowest BCUT2D eigenvalue weighted by Crippen LogP contribution is -2.16. The van der Waals surface area contributed by atoms with Gasteiger partial charge in [0.05, 0.1) is 24.0 Å². The topological polar surface area (TPSA) is 81.3 Å². The molecule has 3 N–H and O–H groups in total. The number of rotatable bonds is 3. The quantitative estimate of drug-likeness (QED) is 0.823. The van der Waals surface area contributed by atoms with Crippen LogP contribution in [0.3, 0.4) is 0 Å². The van der Waals surface area contributed by atoms with Gasteiger partial charge in [-0.15, -0.1) is 0 Å². The molecule has 5 heteroatoms. The molecule has 2 rings (SSSR count). The van der Waals surface area contributed by atoms with Gasteiger partial charge < -0.3 is 15.6 Å². The molecule has 0 amide bonds. The number of nitrogens with zero attached hydrogens (tertiary/aromatic N) is 2. The first-order valence-corrected chi connectivity index (χ1v) is 5.91. The molecule has 0 radical (unpaired) electrons. The standard InChI is InChI=1S/C14H17N3O2/c1-14(2,18)9-7-16-13(17-8-9)10-5-4-6-11(15)12(10)19-3/h4-8,18H,15H2,1-3H3. The number of nitrogens with two attached hydrogens (primary N) is 1. The molecule has 0 saturated carbocycles. The van der Waals surface area contributed by atoms with E-state index in [2.05, 4.69) is 9.97 Å². The van der Waals surface area contributed by atoms with Crippen LogP contribution >= 0.6 is 0 Å². The van der Waals surface area contributed by atoms with Crippen LogP contribution in [0.15, 0.2) is 30.6 Å². The van der Waals surface area contributed by atoms with Crippen molar-refractivity contribution in [3.63, 3.8) is 0 Å². The Balaban J connectivity index is 2.46. The molecule has 2 aromatic rings. The molecule has 0 bridgehead atoms. The lowest BCUT2D eigenvalue weighted by molar-refractivity contribution is 0.0778. The lowest BCUT2D eigenvalue weighted by atomic mass is 10.0. The molecule has 100 valence electrons. The lowest BCUT2D eigenvalue weighted by Gasteiger charge is -2.17. The van der Waals surface area contributed by atoms with Crippen LogP contribution in [-0.2, 0) is 5.60 Å². The number of anilines is 1. The van der Waals surface area contributed by atoms with Crippen molar-refractivity contribution < 1.29 is 9.84 Å². The van der Waals surface area contributed by atoms with E-state index < -0.39 is 5.60 Å². The summed E-state index contributed by atoms with van der Waals surface area (Å²) < 4.78 is 5.27. The van der Waals surface area contributed by atoms with Gasteiger partial charge in [0.25, 0.3) is 0 Å². The molecular weight excluding hydrogens is 242 g/mol. The Hall–Kier alpha value is -2.14. The Bertz CT molecular complexity index is 574. The highest BCUT2D eigenvalue weighted by Crippen LogP contribution is 2.32. The zero-order chi connectivity index (χ0) is 14.0. The van der Waals surface area contributed by atoms with Crippen molar-refractivity contribution in [3.8, 4) is 17.1 Å². The predicted octanol–water partition coefficient (Wildman–Crippen LogP) is 1.96. The highest BCUT2D eigenvalue weighted by atomic mass is 16.5. The van der Waals surface area contributed by atoms with E-state index in [0.717, 1.165) is 5.56 Å². The monoisotopic (exact) mass is 259 g/mol. The number of benzene rings is 1. The van der Waals surface area contributed by atoms with Crippen LogP contribution in [0.4, 0.5) is 5.69 Å². The third-order valence-corrected chi connectivity index (χ3v) is 2.85. The summed E-state index contributed by atoms with van der Waals surface area (Å²) in [6.07, 6.45) is 3.20. The van der Waals surface area contributed by atoms with Crippen LogP contribution in [0.2, 0.25) is 0 Å². The second kappa shape index (κ2) is 4.85. The summed E-state index contributed by atoms with van der Waals surface area (Å²) in [4.78, 5) is 8.52. The first-order valence-electron chi connectivity index (χ1n) is 5.91. The van der Waals surface area contributed by atoms with Crippen LogP contribution in [-0.4, -0.2) is 22.2 Å². The molecule has 19 heavy (non-hydrogen) atoms. The van der Waals surface area contributed by atoms with Crippen molar-refractivity contribution in [2.75, 3.05) is 12.8 Å². The Morgan fingerprint density at radius 1 is 1.21 bits per heavy atom. The van der Waals surface area contributed by atoms with Gasteiger partial charge >= 0.3 is 0 Å². The maximum atomic E-state index is 9.87. The van der Waals surface area contributed by atoms with Crippen molar-refractivity contribution in [3.05, 3.63) is 36.2 Å². The Labute approximate surface area is 112 Å². The van der Waals surface area contributed by atoms with Gasteiger partial charge in [-0.3, -0.25) is 0 Å². The van der Waals surface area contributed by atoms with E-state index in [1.54, 1.807) is 39.4 Å². The van der Waals surface area contributed by atoms with Gasteiger partial charge in [-0.2, -0.15) is 0 Å². The van der Waals surface area contributed by atoms with Gasteiger partial charge in [-0.25, -0.2) is 9.97 Å². The average Bonchev–Trinajstić information content (AvgIpc) is 2.37. The van der Waals surface area contributed by atoms with Gasteiger partial charge in [0.2, 0.25) is 0 Å². The molecule has 0 aliphatic carbocycles. The highest BCUT2D eigenvalue weighted by molar-refractivity contribution is 5.73. The summed E-state index contributed by atoms with van der Waals surface area (Å²) in [5.41, 5.74) is 6.80. The minimum Gasteiger partial charge on any atom is -0.494 e. The van der Waals surface area contributed by atoms with E-state index >= 15 is 0 Å². The number of para-hydroxylation sites is 1. The Morgan fingerprint density at radius 3 is 2.37 bits per heavy atom. The van der Waals surface area contributed by atoms with Crippen LogP contribution in [0.5, 0.6) is 5.75 Å². The molecule has 0 spiro atoms. The third kappa shape index (κ3) is 2.66. The molecular formula is C14H17N3O2. The maximum Gasteiger partial charge on any atom is 0.162 e. The Kier molecular flexibility index (Phi) is 3.40. The summed E-state index contributed by atoms with van der Waals surface area (Å²) in [5.74, 6) is 1.07. The second-order valence-corrected chi connectivity index (χ2v) is 4.78. The minimum atomic E-state index is -0.960. The summed E-state index contributed by atoms with van der Waals surface area (Å²) in [6, 6.07) is 5.42. The number of hydrogen-bond donors (Lipinski definition) is 2. The fraction of sp³-hybridized carbons (Fsp3) is 0.286. The second-order valence-electron chi connectivity index (χ2n) is 4.78. The van der Waals surface area contributed by atoms with Crippen LogP contribution in [0, 0.1) is 0 Å². The number of hydrogen-bond acceptors (Lipinski definition) is 5. The van der Waals surface area contributed by atoms with Crippen LogP contribution in [0.25, 0.3) is 11.4 Å². The maximum absolute atomic E-state index is 9.87. The smallest absolute Gasteiger partial charge is 0.162 e. The minimum absolute atomic E-state index is 0.511. The first-order chi connectivity index (χ1) is 8.93. The average molecular weight is 259 g/mol. The van der Waals surface area contributed by atoms with E-state index in [9.17, 15) is 5.11 Å². The van der Waals surface area contributed by atoms with E-state index in [1.807, 2.05) is 12.1 Å². The normalized spacial score (nSPS) is 11.4. The molecule has 1 aromatic carbocycles. The molecule has 1 heterocycles. The molecule has 0 aliphatic heterocycles. The molecule has 0 saturated heterocycles. The van der Waals surface area contributed by atoms with Crippen molar-refractivity contribution >= 4 is 5.69 Å². The summed E-state index contributed by atoms with van der Waals surface area (Å²) >= 11 is 0. The number of aliphatic hydroxyl groups is 1. The van der Waals surface area contributed by atoms with Crippen LogP contribution in [0.1, 0.15) is 19.4 Å². The Morgan fingerprint density at radius 2 is 1.84 bits per heavy atom. The predicted molar refractivity (Wildman–Crippen MR) is 73.7 cm³/mol. The molecule has 0 unspecified atom stereocenters. The van der Waals surface area contributed by atoms with Gasteiger partial charge in [-0.05, 0) is 26.0 Å². The van der Waals surface area contributed by atoms with Gasteiger partial charge in [0, 0.05) is 18.0 Å². The zero-order valence-electron chi connectivity index (χ0n) is 11.2. The highest BCUT2D eigenvalue weighted by Gasteiger charge is 2.18. The van der Waals surface area contributed by atoms with Crippen molar-refractivity contribution in [1.29, 1.82) is 0 Å². The van der Waals surface area contributed by atoms with Crippen molar-refractivity contribution in [1.82, 2.24) is 9.97 Å². The summed E-state index contributed by atoms with van der Waals surface area (Å²) in [6.45, 7) is 3.37. The molecule has 5 nitrogen and oxygen atoms in total. The van der Waals surface area contributed by atoms with Crippen molar-refractivity contribution in [2.24, 2.45) is 0 Å². The SMILES string of the molecule is COc1c(N)cccc1-c1ncc(C(C)(C)O)cn1. The summed E-state index contributed by atoms with van der Waals surface area (Å²) in [5, 5.41) is 9.87. The van der Waals surface area contributed by atoms with E-state index in [-0.39, 0.29) is 0 Å². The van der Waals surface area contributed by atoms with Gasteiger partial charge in [-0.1, -0.05) is 6.07 Å². The van der Waals surface area contributed by atoms with E-state index in [1.165, 1.54) is 0 Å². The molecule has 0 atom stereocenters. The largest absolute Gasteiger partial charge is 0.494 e. The third-order valence-electron chi connectivity index (χ3n) is 2.85. The van der Waals surface area contributed by atoms with Gasteiger partial charge in [0.1, 0.15) is 0 Å². The van der Waals surface area contributed by atoms with Gasteiger partial charge in [0.15, 0.2) is 11.6 Å². The molecule has 0 aliphatic rings. The van der Waals surface area contributed by atoms with Crippen LogP contribution < -0.4 is 10.5 Å². The summed E-state index contributed by atoms with van der Waals surface area (Å²) in [7, 11) is 1.56. The fourth-order valence-electron chi connectivity index (χ4n) is 1.74. The fourth-order valence-corrected chi connectivity index (χ4v) is 1.74. The number of aromatic nitrogens is 2. The number of nitrogen functional groups attached to an aromatic ring is 1. The van der Waals surface area contributed by atoms with E-state index in [4.69, 9.17) is 10.5 Å². The number of methoxy groups -OCH3 is 1. The molecule has 1 aromatic heterocycles. The number of ether oxygens (including phenoxy) is 1. The van der Waals surface area contributed by atoms with Crippen molar-refractivity contribution in [2.45, 2.75) is 19.4 Å². The molecule has 0 fully saturated rings.